The summed E-state index contributed by atoms with van der Waals surface area (Å²) >= 11 is 6.25. The molecule has 2 N–H and O–H groups in total. The van der Waals surface area contributed by atoms with Gasteiger partial charge in [0.05, 0.1) is 23.7 Å². The van der Waals surface area contributed by atoms with Gasteiger partial charge >= 0.3 is 0 Å². The molecule has 1 aliphatic heterocycles. The lowest BCUT2D eigenvalue weighted by Gasteiger charge is -2.25. The number of rotatable bonds is 6. The van der Waals surface area contributed by atoms with Gasteiger partial charge in [0.25, 0.3) is 11.7 Å². The molecule has 8 heteroatoms. The van der Waals surface area contributed by atoms with Crippen LogP contribution in [0.15, 0.2) is 103 Å². The van der Waals surface area contributed by atoms with Gasteiger partial charge in [0.2, 0.25) is 0 Å². The fourth-order valence-corrected chi connectivity index (χ4v) is 4.60. The number of carbonyl (C=O) groups excluding carboxylic acids is 2. The molecule has 0 bridgehead atoms. The number of ether oxygens (including phenoxy) is 2. The normalized spacial score (nSPS) is 16.5. The predicted octanol–water partition coefficient (Wildman–Crippen LogP) is 6.47. The van der Waals surface area contributed by atoms with E-state index in [9.17, 15) is 19.8 Å². The zero-order valence-electron chi connectivity index (χ0n) is 20.2. The summed E-state index contributed by atoms with van der Waals surface area (Å²) in [5.74, 6) is -0.407. The van der Waals surface area contributed by atoms with Gasteiger partial charge in [-0.05, 0) is 72.3 Å². The Kier molecular flexibility index (Phi) is 6.77. The lowest BCUT2D eigenvalue weighted by atomic mass is 9.95. The third-order valence-electron chi connectivity index (χ3n) is 6.17. The predicted molar refractivity (Wildman–Crippen MR) is 144 cm³/mol. The number of halogens is 1. The molecule has 5 rings (SSSR count). The number of hydrogen-bond donors (Lipinski definition) is 2. The number of aliphatic hydroxyl groups is 1. The van der Waals surface area contributed by atoms with E-state index in [4.69, 9.17) is 21.1 Å². The van der Waals surface area contributed by atoms with Crippen LogP contribution in [-0.2, 0) is 9.59 Å². The Bertz CT molecular complexity index is 1530. The van der Waals surface area contributed by atoms with Gasteiger partial charge in [-0.1, -0.05) is 41.9 Å². The average Bonchev–Trinajstić information content (AvgIpc) is 3.19. The van der Waals surface area contributed by atoms with Crippen LogP contribution in [-0.4, -0.2) is 29.0 Å². The van der Waals surface area contributed by atoms with Gasteiger partial charge in [0, 0.05) is 11.3 Å². The number of benzene rings is 4. The summed E-state index contributed by atoms with van der Waals surface area (Å²) in [6.45, 7) is 0. The van der Waals surface area contributed by atoms with Crippen molar-refractivity contribution < 1.29 is 29.3 Å². The Morgan fingerprint density at radius 3 is 2.16 bits per heavy atom. The number of anilines is 1. The van der Waals surface area contributed by atoms with E-state index in [0.29, 0.717) is 28.5 Å². The van der Waals surface area contributed by atoms with Crippen molar-refractivity contribution in [1.82, 2.24) is 0 Å². The van der Waals surface area contributed by atoms with Crippen molar-refractivity contribution in [3.63, 3.8) is 0 Å². The Labute approximate surface area is 223 Å². The topological polar surface area (TPSA) is 96.3 Å². The number of methoxy groups -OCH3 is 1. The molecule has 4 aromatic carbocycles. The van der Waals surface area contributed by atoms with Gasteiger partial charge in [-0.25, -0.2) is 0 Å². The van der Waals surface area contributed by atoms with Gasteiger partial charge in [0.15, 0.2) is 0 Å². The first kappa shape index (κ1) is 24.9. The van der Waals surface area contributed by atoms with Gasteiger partial charge < -0.3 is 19.7 Å². The standard InChI is InChI=1S/C30H22ClNO6/c1-37-25-16-9-19(17-24(25)31)28(34)26-27(18-7-12-21(33)13-8-18)32(30(36)29(26)35)20-10-14-23(15-11-20)38-22-5-3-2-4-6-22/h2-17,27,33-34H,1H3/b28-26-. The molecule has 7 nitrogen and oxygen atoms in total. The Morgan fingerprint density at radius 2 is 1.53 bits per heavy atom. The van der Waals surface area contributed by atoms with E-state index in [1.165, 1.54) is 30.2 Å². The number of amides is 1. The maximum atomic E-state index is 13.4. The molecule has 1 unspecified atom stereocenters. The van der Waals surface area contributed by atoms with E-state index in [2.05, 4.69) is 0 Å². The zero-order chi connectivity index (χ0) is 26.8. The van der Waals surface area contributed by atoms with Crippen molar-refractivity contribution in [2.75, 3.05) is 12.0 Å². The second-order valence-electron chi connectivity index (χ2n) is 8.52. The van der Waals surface area contributed by atoms with Gasteiger partial charge in [0.1, 0.15) is 28.8 Å². The summed E-state index contributed by atoms with van der Waals surface area (Å²) in [5.41, 5.74) is 1.10. The van der Waals surface area contributed by atoms with Crippen LogP contribution < -0.4 is 14.4 Å². The largest absolute Gasteiger partial charge is 0.508 e. The van der Waals surface area contributed by atoms with Crippen LogP contribution in [0.25, 0.3) is 5.76 Å². The van der Waals surface area contributed by atoms with Crippen LogP contribution in [0.1, 0.15) is 17.2 Å². The quantitative estimate of drug-likeness (QED) is 0.169. The highest BCUT2D eigenvalue weighted by molar-refractivity contribution is 6.51. The minimum Gasteiger partial charge on any atom is -0.508 e. The second-order valence-corrected chi connectivity index (χ2v) is 8.93. The molecule has 1 atom stereocenters. The monoisotopic (exact) mass is 527 g/mol. The van der Waals surface area contributed by atoms with Crippen LogP contribution >= 0.6 is 11.6 Å². The highest BCUT2D eigenvalue weighted by Gasteiger charge is 2.47. The van der Waals surface area contributed by atoms with E-state index in [1.807, 2.05) is 30.3 Å². The number of nitrogens with zero attached hydrogens (tertiary/aromatic N) is 1. The first-order valence-electron chi connectivity index (χ1n) is 11.6. The Hall–Kier alpha value is -4.75. The summed E-state index contributed by atoms with van der Waals surface area (Å²) in [6, 6.07) is 25.7. The molecule has 4 aromatic rings. The molecular weight excluding hydrogens is 506 g/mol. The highest BCUT2D eigenvalue weighted by atomic mass is 35.5. The highest BCUT2D eigenvalue weighted by Crippen LogP contribution is 2.43. The maximum absolute atomic E-state index is 13.4. The summed E-state index contributed by atoms with van der Waals surface area (Å²) in [4.78, 5) is 28.0. The molecule has 0 radical (unpaired) electrons. The lowest BCUT2D eigenvalue weighted by molar-refractivity contribution is -0.132. The molecule has 0 aliphatic carbocycles. The number of aromatic hydroxyl groups is 1. The molecule has 1 fully saturated rings. The number of carbonyl (C=O) groups is 2. The minimum absolute atomic E-state index is 0.0232. The molecule has 0 saturated carbocycles. The van der Waals surface area contributed by atoms with Crippen molar-refractivity contribution in [1.29, 1.82) is 0 Å². The van der Waals surface area contributed by atoms with Crippen molar-refractivity contribution in [3.05, 3.63) is 119 Å². The van der Waals surface area contributed by atoms with Gasteiger partial charge in [-0.15, -0.1) is 0 Å². The van der Waals surface area contributed by atoms with E-state index in [-0.39, 0.29) is 27.7 Å². The molecule has 0 aromatic heterocycles. The van der Waals surface area contributed by atoms with E-state index in [1.54, 1.807) is 48.5 Å². The number of aliphatic hydroxyl groups excluding tert-OH is 1. The molecule has 1 amide bonds. The van der Waals surface area contributed by atoms with E-state index in [0.717, 1.165) is 0 Å². The molecule has 190 valence electrons. The fourth-order valence-electron chi connectivity index (χ4n) is 4.34. The minimum atomic E-state index is -0.961. The van der Waals surface area contributed by atoms with Gasteiger partial charge in [-0.3, -0.25) is 14.5 Å². The first-order valence-corrected chi connectivity index (χ1v) is 12.0. The van der Waals surface area contributed by atoms with Crippen molar-refractivity contribution in [2.45, 2.75) is 6.04 Å². The SMILES string of the molecule is COc1ccc(/C(O)=C2/C(=O)C(=O)N(c3ccc(Oc4ccccc4)cc3)C2c2ccc(O)cc2)cc1Cl. The molecule has 1 aliphatic rings. The van der Waals surface area contributed by atoms with Crippen molar-refractivity contribution >= 4 is 34.7 Å². The number of ketones is 1. The zero-order valence-corrected chi connectivity index (χ0v) is 20.9. The number of Topliss-reactive ketones (excluding diaryl/α,β-unsaturated/α-hetero) is 1. The van der Waals surface area contributed by atoms with Crippen LogP contribution in [0, 0.1) is 0 Å². The molecule has 0 spiro atoms. The molecule has 1 heterocycles. The summed E-state index contributed by atoms with van der Waals surface area (Å²) < 4.78 is 11.0. The number of phenols is 1. The Morgan fingerprint density at radius 1 is 0.868 bits per heavy atom. The molecule has 1 saturated heterocycles. The average molecular weight is 528 g/mol. The molecule has 38 heavy (non-hydrogen) atoms. The summed E-state index contributed by atoms with van der Waals surface area (Å²) in [6.07, 6.45) is 0. The van der Waals surface area contributed by atoms with Crippen molar-refractivity contribution in [2.24, 2.45) is 0 Å². The van der Waals surface area contributed by atoms with Gasteiger partial charge in [-0.2, -0.15) is 0 Å². The fraction of sp³-hybridized carbons (Fsp3) is 0.0667. The van der Waals surface area contributed by atoms with Crippen LogP contribution in [0.5, 0.6) is 23.0 Å². The second kappa shape index (κ2) is 10.3. The van der Waals surface area contributed by atoms with Crippen LogP contribution in [0.3, 0.4) is 0 Å². The first-order chi connectivity index (χ1) is 18.4. The third-order valence-corrected chi connectivity index (χ3v) is 6.47. The van der Waals surface area contributed by atoms with Crippen LogP contribution in [0.4, 0.5) is 5.69 Å². The van der Waals surface area contributed by atoms with Crippen molar-refractivity contribution in [3.8, 4) is 23.0 Å². The number of phenolic OH excluding ortho intramolecular Hbond substituents is 1. The smallest absolute Gasteiger partial charge is 0.300 e. The van der Waals surface area contributed by atoms with E-state index >= 15 is 0 Å². The maximum Gasteiger partial charge on any atom is 0.300 e. The lowest BCUT2D eigenvalue weighted by Crippen LogP contribution is -2.29. The third kappa shape index (κ3) is 4.67. The summed E-state index contributed by atoms with van der Waals surface area (Å²) in [7, 11) is 1.47. The van der Waals surface area contributed by atoms with E-state index < -0.39 is 17.7 Å². The Balaban J connectivity index is 1.59. The molecular formula is C30H22ClNO6. The number of para-hydroxylation sites is 1. The number of hydrogen-bond acceptors (Lipinski definition) is 6. The van der Waals surface area contributed by atoms with Crippen LogP contribution in [0.2, 0.25) is 5.02 Å². The summed E-state index contributed by atoms with van der Waals surface area (Å²) in [5, 5.41) is 21.3.